The van der Waals surface area contributed by atoms with Gasteiger partial charge in [0.2, 0.25) is 10.0 Å². The maximum absolute atomic E-state index is 12.7. The highest BCUT2D eigenvalue weighted by Gasteiger charge is 2.24. The van der Waals surface area contributed by atoms with Crippen LogP contribution in [0.4, 0.5) is 0 Å². The van der Waals surface area contributed by atoms with Gasteiger partial charge in [0.15, 0.2) is 6.61 Å². The van der Waals surface area contributed by atoms with E-state index in [0.717, 1.165) is 38.5 Å². The highest BCUT2D eigenvalue weighted by Crippen LogP contribution is 2.23. The number of benzene rings is 1. The number of hydrogen-bond donors (Lipinski definition) is 1. The number of halogens is 1. The Morgan fingerprint density at radius 1 is 1.13 bits per heavy atom. The molecule has 8 nitrogen and oxygen atoms in total. The van der Waals surface area contributed by atoms with Gasteiger partial charge in [0, 0.05) is 26.2 Å². The Balaban J connectivity index is 1.60. The maximum atomic E-state index is 12.7. The van der Waals surface area contributed by atoms with E-state index in [-0.39, 0.29) is 40.6 Å². The molecule has 172 valence electrons. The number of carbonyl (C=O) groups excluding carboxylic acids is 2. The van der Waals surface area contributed by atoms with Gasteiger partial charge in [-0.25, -0.2) is 17.9 Å². The van der Waals surface area contributed by atoms with Crippen LogP contribution in [0.25, 0.3) is 0 Å². The summed E-state index contributed by atoms with van der Waals surface area (Å²) >= 11 is 6.08. The van der Waals surface area contributed by atoms with Gasteiger partial charge in [-0.05, 0) is 43.9 Å². The Kier molecular flexibility index (Phi) is 8.71. The molecular formula is C21H29ClN2O6S. The second-order valence-electron chi connectivity index (χ2n) is 7.86. The van der Waals surface area contributed by atoms with E-state index in [4.69, 9.17) is 21.1 Å². The molecule has 0 radical (unpaired) electrons. The number of nitrogens with one attached hydrogen (secondary N) is 1. The first-order valence-electron chi connectivity index (χ1n) is 10.7. The first-order chi connectivity index (χ1) is 14.9. The molecule has 0 saturated carbocycles. The van der Waals surface area contributed by atoms with E-state index < -0.39 is 16.0 Å². The number of ether oxygens (including phenoxy) is 2. The summed E-state index contributed by atoms with van der Waals surface area (Å²) in [7, 11) is -3.94. The lowest BCUT2D eigenvalue weighted by molar-refractivity contribution is -0.134. The van der Waals surface area contributed by atoms with Crippen molar-refractivity contribution in [3.8, 4) is 0 Å². The van der Waals surface area contributed by atoms with Gasteiger partial charge in [-0.1, -0.05) is 30.9 Å². The molecule has 2 fully saturated rings. The molecule has 2 aliphatic rings. The van der Waals surface area contributed by atoms with Crippen molar-refractivity contribution in [1.29, 1.82) is 0 Å². The quantitative estimate of drug-likeness (QED) is 0.612. The van der Waals surface area contributed by atoms with E-state index in [9.17, 15) is 18.0 Å². The molecule has 0 aromatic heterocycles. The van der Waals surface area contributed by atoms with Crippen LogP contribution >= 0.6 is 11.6 Å². The van der Waals surface area contributed by atoms with Crippen LogP contribution in [-0.2, 0) is 24.3 Å². The Labute approximate surface area is 188 Å². The van der Waals surface area contributed by atoms with Crippen LogP contribution in [0.1, 0.15) is 55.3 Å². The summed E-state index contributed by atoms with van der Waals surface area (Å²) in [4.78, 5) is 26.4. The molecule has 1 aromatic rings. The predicted molar refractivity (Wildman–Crippen MR) is 116 cm³/mol. The minimum Gasteiger partial charge on any atom is -0.452 e. The molecule has 1 aromatic carbocycles. The molecule has 2 saturated heterocycles. The van der Waals surface area contributed by atoms with Gasteiger partial charge in [-0.2, -0.15) is 0 Å². The topological polar surface area (TPSA) is 102 Å². The van der Waals surface area contributed by atoms with Crippen molar-refractivity contribution in [2.24, 2.45) is 0 Å². The van der Waals surface area contributed by atoms with E-state index in [1.54, 1.807) is 4.90 Å². The summed E-state index contributed by atoms with van der Waals surface area (Å²) in [5.41, 5.74) is 0.0161. The zero-order chi connectivity index (χ0) is 22.3. The smallest absolute Gasteiger partial charge is 0.338 e. The second kappa shape index (κ2) is 11.3. The summed E-state index contributed by atoms with van der Waals surface area (Å²) in [5, 5.41) is -0.00639. The predicted octanol–water partition coefficient (Wildman–Crippen LogP) is 2.75. The monoisotopic (exact) mass is 472 g/mol. The van der Waals surface area contributed by atoms with Gasteiger partial charge in [-0.15, -0.1) is 0 Å². The molecule has 2 heterocycles. The second-order valence-corrected chi connectivity index (χ2v) is 10.00. The Bertz CT molecular complexity index is 878. The van der Waals surface area contributed by atoms with Crippen molar-refractivity contribution in [2.75, 3.05) is 32.8 Å². The van der Waals surface area contributed by atoms with Crippen LogP contribution in [0.2, 0.25) is 5.02 Å². The fourth-order valence-electron chi connectivity index (χ4n) is 3.72. The first-order valence-corrected chi connectivity index (χ1v) is 12.6. The standard InChI is InChI=1S/C21H29ClN2O6S/c22-18-9-8-16(13-19(18)31(27,28)23-14-17-7-6-12-29-17)21(26)30-15-20(25)24-10-4-2-1-3-5-11-24/h8-9,13,17,23H,1-7,10-12,14-15H2. The summed E-state index contributed by atoms with van der Waals surface area (Å²) in [6, 6.07) is 3.88. The molecule has 0 aliphatic carbocycles. The summed E-state index contributed by atoms with van der Waals surface area (Å²) in [5.74, 6) is -1.01. The highest BCUT2D eigenvalue weighted by atomic mass is 35.5. The number of nitrogens with zero attached hydrogens (tertiary/aromatic N) is 1. The number of likely N-dealkylation sites (tertiary alicyclic amines) is 1. The first kappa shape index (κ1) is 24.0. The number of esters is 1. The lowest BCUT2D eigenvalue weighted by atomic mass is 10.1. The van der Waals surface area contributed by atoms with Gasteiger partial charge >= 0.3 is 5.97 Å². The zero-order valence-corrected chi connectivity index (χ0v) is 19.1. The minimum absolute atomic E-state index is 0.00639. The molecule has 1 amide bonds. The number of carbonyl (C=O) groups is 2. The Hall–Kier alpha value is -1.68. The molecular weight excluding hydrogens is 444 g/mol. The minimum atomic E-state index is -3.94. The van der Waals surface area contributed by atoms with Gasteiger partial charge in [0.25, 0.3) is 5.91 Å². The van der Waals surface area contributed by atoms with Crippen molar-refractivity contribution >= 4 is 33.5 Å². The molecule has 2 aliphatic heterocycles. The molecule has 10 heteroatoms. The lowest BCUT2D eigenvalue weighted by Crippen LogP contribution is -2.37. The fraction of sp³-hybridized carbons (Fsp3) is 0.619. The average molecular weight is 473 g/mol. The van der Waals surface area contributed by atoms with Gasteiger partial charge in [0.1, 0.15) is 4.90 Å². The van der Waals surface area contributed by atoms with E-state index >= 15 is 0 Å². The van der Waals surface area contributed by atoms with Crippen molar-refractivity contribution in [3.63, 3.8) is 0 Å². The van der Waals surface area contributed by atoms with Crippen molar-refractivity contribution in [3.05, 3.63) is 28.8 Å². The maximum Gasteiger partial charge on any atom is 0.338 e. The lowest BCUT2D eigenvalue weighted by Gasteiger charge is -2.24. The van der Waals surface area contributed by atoms with Crippen LogP contribution in [0, 0.1) is 0 Å². The van der Waals surface area contributed by atoms with Crippen molar-refractivity contribution in [2.45, 2.75) is 55.9 Å². The molecule has 1 N–H and O–H groups in total. The third-order valence-electron chi connectivity index (χ3n) is 5.52. The molecule has 3 rings (SSSR count). The van der Waals surface area contributed by atoms with Gasteiger partial charge in [0.05, 0.1) is 16.7 Å². The van der Waals surface area contributed by atoms with E-state index in [0.29, 0.717) is 19.7 Å². The molecule has 1 unspecified atom stereocenters. The third-order valence-corrected chi connectivity index (χ3v) is 7.42. The average Bonchev–Trinajstić information content (AvgIpc) is 3.24. The SMILES string of the molecule is O=C(OCC(=O)N1CCCCCCC1)c1ccc(Cl)c(S(=O)(=O)NCC2CCCO2)c1. The Morgan fingerprint density at radius 3 is 2.52 bits per heavy atom. The van der Waals surface area contributed by atoms with E-state index in [1.807, 2.05) is 0 Å². The van der Waals surface area contributed by atoms with Crippen LogP contribution in [0.15, 0.2) is 23.1 Å². The van der Waals surface area contributed by atoms with Gasteiger partial charge in [-0.3, -0.25) is 4.79 Å². The normalized spacial score (nSPS) is 20.2. The van der Waals surface area contributed by atoms with Crippen molar-refractivity contribution < 1.29 is 27.5 Å². The molecule has 0 spiro atoms. The highest BCUT2D eigenvalue weighted by molar-refractivity contribution is 7.89. The number of hydrogen-bond acceptors (Lipinski definition) is 6. The number of sulfonamides is 1. The van der Waals surface area contributed by atoms with Crippen LogP contribution < -0.4 is 4.72 Å². The molecule has 1 atom stereocenters. The van der Waals surface area contributed by atoms with E-state index in [2.05, 4.69) is 4.72 Å². The van der Waals surface area contributed by atoms with Gasteiger partial charge < -0.3 is 14.4 Å². The summed E-state index contributed by atoms with van der Waals surface area (Å²) < 4.78 is 38.4. The van der Waals surface area contributed by atoms with Crippen molar-refractivity contribution in [1.82, 2.24) is 9.62 Å². The summed E-state index contributed by atoms with van der Waals surface area (Å²) in [6.07, 6.45) is 6.75. The Morgan fingerprint density at radius 2 is 1.84 bits per heavy atom. The number of rotatable bonds is 7. The third kappa shape index (κ3) is 6.90. The number of amides is 1. The van der Waals surface area contributed by atoms with Crippen LogP contribution in [0.3, 0.4) is 0 Å². The summed E-state index contributed by atoms with van der Waals surface area (Å²) in [6.45, 7) is 1.70. The fourth-order valence-corrected chi connectivity index (χ4v) is 5.31. The van der Waals surface area contributed by atoms with Crippen LogP contribution in [0.5, 0.6) is 0 Å². The van der Waals surface area contributed by atoms with Crippen LogP contribution in [-0.4, -0.2) is 64.1 Å². The molecule has 31 heavy (non-hydrogen) atoms. The van der Waals surface area contributed by atoms with E-state index in [1.165, 1.54) is 24.6 Å². The largest absolute Gasteiger partial charge is 0.452 e. The molecule has 0 bridgehead atoms. The zero-order valence-electron chi connectivity index (χ0n) is 17.5.